The Bertz CT molecular complexity index is 3110. The van der Waals surface area contributed by atoms with E-state index in [1.54, 1.807) is 0 Å². The third-order valence-electron chi connectivity index (χ3n) is 11.9. The summed E-state index contributed by atoms with van der Waals surface area (Å²) in [6, 6.07) is 69.6. The molecule has 0 saturated heterocycles. The van der Waals surface area contributed by atoms with Crippen LogP contribution in [0.2, 0.25) is 0 Å². The van der Waals surface area contributed by atoms with Crippen molar-refractivity contribution in [1.29, 1.82) is 0 Å². The summed E-state index contributed by atoms with van der Waals surface area (Å²) in [6.07, 6.45) is 0. The van der Waals surface area contributed by atoms with Gasteiger partial charge in [-0.15, -0.1) is 11.3 Å². The molecule has 11 rings (SSSR count). The highest BCUT2D eigenvalue weighted by Gasteiger charge is 2.35. The van der Waals surface area contributed by atoms with Crippen LogP contribution >= 0.6 is 11.3 Å². The molecule has 9 aromatic carbocycles. The molecule has 2 heteroatoms. The second-order valence-electron chi connectivity index (χ2n) is 15.3. The molecule has 0 fully saturated rings. The van der Waals surface area contributed by atoms with Crippen molar-refractivity contribution < 1.29 is 0 Å². The summed E-state index contributed by atoms with van der Waals surface area (Å²) in [6.45, 7) is 4.70. The Labute approximate surface area is 325 Å². The van der Waals surface area contributed by atoms with Crippen LogP contribution < -0.4 is 4.90 Å². The first-order valence-corrected chi connectivity index (χ1v) is 19.9. The minimum Gasteiger partial charge on any atom is -0.310 e. The first-order chi connectivity index (χ1) is 27.0. The van der Waals surface area contributed by atoms with Crippen LogP contribution in [0.25, 0.3) is 75.1 Å². The molecule has 1 nitrogen and oxygen atoms in total. The van der Waals surface area contributed by atoms with Crippen LogP contribution in [-0.4, -0.2) is 0 Å². The van der Waals surface area contributed by atoms with E-state index in [1.165, 1.54) is 86.2 Å². The minimum atomic E-state index is -0.0476. The van der Waals surface area contributed by atoms with Crippen LogP contribution in [0.4, 0.5) is 17.1 Å². The van der Waals surface area contributed by atoms with Crippen LogP contribution in [0.3, 0.4) is 0 Å². The first kappa shape index (κ1) is 32.0. The van der Waals surface area contributed by atoms with Gasteiger partial charge in [-0.05, 0) is 115 Å². The van der Waals surface area contributed by atoms with Gasteiger partial charge in [0.2, 0.25) is 0 Å². The van der Waals surface area contributed by atoms with Gasteiger partial charge in [0.05, 0.1) is 0 Å². The molecule has 1 heterocycles. The van der Waals surface area contributed by atoms with Crippen molar-refractivity contribution in [2.45, 2.75) is 19.3 Å². The van der Waals surface area contributed by atoms with Gasteiger partial charge in [-0.1, -0.05) is 153 Å². The Kier molecular flexibility index (Phi) is 7.14. The quantitative estimate of drug-likeness (QED) is 0.171. The maximum Gasteiger partial charge on any atom is 0.0468 e. The highest BCUT2D eigenvalue weighted by atomic mass is 32.1. The van der Waals surface area contributed by atoms with Crippen molar-refractivity contribution in [2.24, 2.45) is 0 Å². The lowest BCUT2D eigenvalue weighted by atomic mass is 9.82. The van der Waals surface area contributed by atoms with Crippen molar-refractivity contribution in [1.82, 2.24) is 0 Å². The van der Waals surface area contributed by atoms with E-state index in [9.17, 15) is 0 Å². The molecule has 0 bridgehead atoms. The topological polar surface area (TPSA) is 3.24 Å². The summed E-state index contributed by atoms with van der Waals surface area (Å²) < 4.78 is 2.68. The van der Waals surface area contributed by atoms with Gasteiger partial charge in [0, 0.05) is 42.6 Å². The van der Waals surface area contributed by atoms with E-state index < -0.39 is 0 Å². The van der Waals surface area contributed by atoms with Gasteiger partial charge in [0.25, 0.3) is 0 Å². The van der Waals surface area contributed by atoms with Gasteiger partial charge in [0.1, 0.15) is 0 Å². The second kappa shape index (κ2) is 12.3. The fourth-order valence-electron chi connectivity index (χ4n) is 9.14. The molecule has 0 saturated carbocycles. The standard InChI is InChI=1S/C53H37NS/c1-53(2)48-20-9-7-17-44(48)47-33-40(30-31-49(47)53)54(38-26-22-35(23-27-38)42-19-11-14-34-12-3-5-15-41(34)42)39-28-24-36(25-29-39)46-32-37-13-4-6-16-43(37)52-51(46)45-18-8-10-21-50(45)55-52/h3-33H,1-2H3. The Morgan fingerprint density at radius 2 is 0.964 bits per heavy atom. The Morgan fingerprint density at radius 1 is 0.400 bits per heavy atom. The van der Waals surface area contributed by atoms with Gasteiger partial charge < -0.3 is 4.90 Å². The molecule has 1 aliphatic rings. The molecule has 0 unspecified atom stereocenters. The lowest BCUT2D eigenvalue weighted by molar-refractivity contribution is 0.660. The number of hydrogen-bond acceptors (Lipinski definition) is 2. The molecule has 0 N–H and O–H groups in total. The molecular formula is C53H37NS. The Hall–Kier alpha value is -6.48. The number of anilines is 3. The SMILES string of the molecule is CC1(C)c2ccccc2-c2cc(N(c3ccc(-c4cccc5ccccc45)cc3)c3ccc(-c4cc5ccccc5c5sc6ccccc6c45)cc3)ccc21. The molecule has 1 aromatic heterocycles. The van der Waals surface area contributed by atoms with Crippen molar-refractivity contribution in [3.05, 3.63) is 199 Å². The highest BCUT2D eigenvalue weighted by molar-refractivity contribution is 7.26. The maximum absolute atomic E-state index is 2.42. The smallest absolute Gasteiger partial charge is 0.0468 e. The summed E-state index contributed by atoms with van der Waals surface area (Å²) in [7, 11) is 0. The predicted octanol–water partition coefficient (Wildman–Crippen LogP) is 15.5. The molecule has 10 aromatic rings. The fourth-order valence-corrected chi connectivity index (χ4v) is 10.4. The van der Waals surface area contributed by atoms with Crippen molar-refractivity contribution in [3.63, 3.8) is 0 Å². The van der Waals surface area contributed by atoms with E-state index in [0.717, 1.165) is 17.1 Å². The summed E-state index contributed by atoms with van der Waals surface area (Å²) in [5.41, 5.74) is 13.7. The fraction of sp³-hybridized carbons (Fsp3) is 0.0566. The van der Waals surface area contributed by atoms with Crippen molar-refractivity contribution in [2.75, 3.05) is 4.90 Å². The third-order valence-corrected chi connectivity index (χ3v) is 13.1. The van der Waals surface area contributed by atoms with Gasteiger partial charge in [-0.2, -0.15) is 0 Å². The molecule has 0 radical (unpaired) electrons. The van der Waals surface area contributed by atoms with Gasteiger partial charge in [-0.3, -0.25) is 0 Å². The van der Waals surface area contributed by atoms with E-state index in [1.807, 2.05) is 11.3 Å². The molecular weight excluding hydrogens is 683 g/mol. The van der Waals surface area contributed by atoms with E-state index in [4.69, 9.17) is 0 Å². The van der Waals surface area contributed by atoms with E-state index >= 15 is 0 Å². The van der Waals surface area contributed by atoms with Crippen LogP contribution in [0, 0.1) is 0 Å². The lowest BCUT2D eigenvalue weighted by Gasteiger charge is -2.27. The summed E-state index contributed by atoms with van der Waals surface area (Å²) in [4.78, 5) is 2.42. The molecule has 1 aliphatic carbocycles. The first-order valence-electron chi connectivity index (χ1n) is 19.1. The second-order valence-corrected chi connectivity index (χ2v) is 16.4. The summed E-state index contributed by atoms with van der Waals surface area (Å²) >= 11 is 1.90. The third kappa shape index (κ3) is 4.99. The van der Waals surface area contributed by atoms with Gasteiger partial charge in [0.15, 0.2) is 0 Å². The monoisotopic (exact) mass is 719 g/mol. The van der Waals surface area contributed by atoms with E-state index in [-0.39, 0.29) is 5.41 Å². The lowest BCUT2D eigenvalue weighted by Crippen LogP contribution is -2.15. The average Bonchev–Trinajstić information content (AvgIpc) is 3.74. The Balaban J connectivity index is 1.07. The number of benzene rings is 9. The number of nitrogens with zero attached hydrogens (tertiary/aromatic N) is 1. The van der Waals surface area contributed by atoms with Crippen LogP contribution in [0.15, 0.2) is 188 Å². The molecule has 260 valence electrons. The number of thiophene rings is 1. The summed E-state index contributed by atoms with van der Waals surface area (Å²) in [5, 5.41) is 7.78. The minimum absolute atomic E-state index is 0.0476. The number of hydrogen-bond donors (Lipinski definition) is 0. The predicted molar refractivity (Wildman–Crippen MR) is 237 cm³/mol. The normalized spacial score (nSPS) is 13.1. The molecule has 0 amide bonds. The maximum atomic E-state index is 2.42. The largest absolute Gasteiger partial charge is 0.310 e. The zero-order chi connectivity index (χ0) is 36.7. The van der Waals surface area contributed by atoms with Gasteiger partial charge >= 0.3 is 0 Å². The number of rotatable bonds is 5. The average molecular weight is 720 g/mol. The zero-order valence-electron chi connectivity index (χ0n) is 30.8. The van der Waals surface area contributed by atoms with Crippen molar-refractivity contribution in [3.8, 4) is 33.4 Å². The van der Waals surface area contributed by atoms with Crippen molar-refractivity contribution >= 4 is 70.1 Å². The van der Waals surface area contributed by atoms with E-state index in [0.29, 0.717) is 0 Å². The van der Waals surface area contributed by atoms with Crippen LogP contribution in [0.5, 0.6) is 0 Å². The summed E-state index contributed by atoms with van der Waals surface area (Å²) in [5.74, 6) is 0. The molecule has 0 spiro atoms. The molecule has 0 atom stereocenters. The van der Waals surface area contributed by atoms with Gasteiger partial charge in [-0.25, -0.2) is 0 Å². The van der Waals surface area contributed by atoms with E-state index in [2.05, 4.69) is 207 Å². The Morgan fingerprint density at radius 3 is 1.75 bits per heavy atom. The van der Waals surface area contributed by atoms with Crippen LogP contribution in [-0.2, 0) is 5.41 Å². The number of fused-ring (bicyclic) bond motifs is 9. The molecule has 55 heavy (non-hydrogen) atoms. The van der Waals surface area contributed by atoms with Crippen LogP contribution in [0.1, 0.15) is 25.0 Å². The highest BCUT2D eigenvalue weighted by Crippen LogP contribution is 2.51. The zero-order valence-corrected chi connectivity index (χ0v) is 31.6. The molecule has 0 aliphatic heterocycles.